The number of furan rings is 1. The zero-order valence-corrected chi connectivity index (χ0v) is 25.1. The first-order chi connectivity index (χ1) is 22.8. The van der Waals surface area contributed by atoms with Crippen molar-refractivity contribution in [3.63, 3.8) is 0 Å². The van der Waals surface area contributed by atoms with Gasteiger partial charge in [-0.2, -0.15) is 0 Å². The molecule has 0 N–H and O–H groups in total. The second-order valence-corrected chi connectivity index (χ2v) is 11.8. The third-order valence-electron chi connectivity index (χ3n) is 9.05. The maximum absolute atomic E-state index is 6.17. The monoisotopic (exact) mass is 587 g/mol. The van der Waals surface area contributed by atoms with Gasteiger partial charge in [0.25, 0.3) is 0 Å². The van der Waals surface area contributed by atoms with Gasteiger partial charge in [0.05, 0.1) is 11.4 Å². The summed E-state index contributed by atoms with van der Waals surface area (Å²) in [4.78, 5) is 2.40. The molecular formula is C44H29NO. The fourth-order valence-corrected chi connectivity index (χ4v) is 6.79. The van der Waals surface area contributed by atoms with Crippen LogP contribution in [0.25, 0.3) is 65.7 Å². The van der Waals surface area contributed by atoms with E-state index in [-0.39, 0.29) is 0 Å². The Kier molecular flexibility index (Phi) is 6.17. The van der Waals surface area contributed by atoms with Crippen LogP contribution >= 0.6 is 0 Å². The number of benzene rings is 8. The summed E-state index contributed by atoms with van der Waals surface area (Å²) in [7, 11) is 0. The van der Waals surface area contributed by atoms with Crippen molar-refractivity contribution in [2.24, 2.45) is 0 Å². The third-order valence-corrected chi connectivity index (χ3v) is 9.05. The maximum atomic E-state index is 6.17. The molecule has 0 fully saturated rings. The van der Waals surface area contributed by atoms with E-state index in [9.17, 15) is 0 Å². The second kappa shape index (κ2) is 10.8. The molecule has 0 radical (unpaired) electrons. The Morgan fingerprint density at radius 1 is 0.348 bits per heavy atom. The first-order valence-corrected chi connectivity index (χ1v) is 15.7. The molecule has 0 aliphatic rings. The van der Waals surface area contributed by atoms with Gasteiger partial charge in [-0.15, -0.1) is 0 Å². The van der Waals surface area contributed by atoms with Crippen molar-refractivity contribution in [1.82, 2.24) is 0 Å². The Morgan fingerprint density at radius 3 is 1.87 bits per heavy atom. The molecule has 1 heterocycles. The topological polar surface area (TPSA) is 16.4 Å². The average molecular weight is 588 g/mol. The lowest BCUT2D eigenvalue weighted by atomic mass is 9.98. The number of rotatable bonds is 5. The quantitative estimate of drug-likeness (QED) is 0.199. The number of para-hydroxylation sites is 2. The van der Waals surface area contributed by atoms with Crippen molar-refractivity contribution in [1.29, 1.82) is 0 Å². The van der Waals surface area contributed by atoms with E-state index >= 15 is 0 Å². The average Bonchev–Trinajstić information content (AvgIpc) is 3.50. The zero-order valence-electron chi connectivity index (χ0n) is 25.1. The van der Waals surface area contributed by atoms with Crippen molar-refractivity contribution in [2.75, 3.05) is 4.90 Å². The van der Waals surface area contributed by atoms with Crippen molar-refractivity contribution < 1.29 is 4.42 Å². The van der Waals surface area contributed by atoms with Gasteiger partial charge >= 0.3 is 0 Å². The number of nitrogens with zero attached hydrogens (tertiary/aromatic N) is 1. The van der Waals surface area contributed by atoms with E-state index < -0.39 is 0 Å². The van der Waals surface area contributed by atoms with E-state index in [1.165, 1.54) is 32.7 Å². The molecule has 216 valence electrons. The molecule has 1 aromatic heterocycles. The molecule has 0 bridgehead atoms. The highest BCUT2D eigenvalue weighted by Gasteiger charge is 2.20. The summed E-state index contributed by atoms with van der Waals surface area (Å²) >= 11 is 0. The fraction of sp³-hybridized carbons (Fsp3) is 0. The Hall–Kier alpha value is -6.12. The van der Waals surface area contributed by atoms with Crippen molar-refractivity contribution in [2.45, 2.75) is 0 Å². The van der Waals surface area contributed by atoms with Crippen molar-refractivity contribution in [3.05, 3.63) is 176 Å². The molecule has 0 saturated heterocycles. The summed E-state index contributed by atoms with van der Waals surface area (Å²) < 4.78 is 6.17. The van der Waals surface area contributed by atoms with Crippen LogP contribution in [0.1, 0.15) is 0 Å². The van der Waals surface area contributed by atoms with Crippen LogP contribution in [-0.2, 0) is 0 Å². The zero-order chi connectivity index (χ0) is 30.5. The second-order valence-electron chi connectivity index (χ2n) is 11.8. The van der Waals surface area contributed by atoms with Gasteiger partial charge < -0.3 is 9.32 Å². The lowest BCUT2D eigenvalue weighted by Gasteiger charge is -2.29. The summed E-state index contributed by atoms with van der Waals surface area (Å²) in [5, 5.41) is 7.17. The molecule has 2 heteroatoms. The van der Waals surface area contributed by atoms with Gasteiger partial charge in [0.2, 0.25) is 0 Å². The van der Waals surface area contributed by atoms with Gasteiger partial charge in [-0.05, 0) is 81.4 Å². The Balaban J connectivity index is 1.22. The van der Waals surface area contributed by atoms with Gasteiger partial charge in [0, 0.05) is 27.4 Å². The highest BCUT2D eigenvalue weighted by atomic mass is 16.3. The fourth-order valence-electron chi connectivity index (χ4n) is 6.79. The van der Waals surface area contributed by atoms with E-state index in [1.54, 1.807) is 0 Å². The predicted octanol–water partition coefficient (Wildman–Crippen LogP) is 12.7. The van der Waals surface area contributed by atoms with Gasteiger partial charge in [-0.3, -0.25) is 0 Å². The SMILES string of the molecule is c1ccc(N(c2ccc(-c3ccc4ccccc4c3)cc2)c2cccc3ccccc23)c(-c2ccc3oc4ccccc4c3c2)c1. The largest absolute Gasteiger partial charge is 0.456 e. The Labute approximate surface area is 267 Å². The minimum atomic E-state index is 0.901. The van der Waals surface area contributed by atoms with E-state index in [0.717, 1.165) is 50.1 Å². The molecule has 0 unspecified atom stereocenters. The smallest absolute Gasteiger partial charge is 0.135 e. The molecule has 0 aliphatic carbocycles. The first-order valence-electron chi connectivity index (χ1n) is 15.7. The maximum Gasteiger partial charge on any atom is 0.135 e. The van der Waals surface area contributed by atoms with E-state index in [2.05, 4.69) is 169 Å². The van der Waals surface area contributed by atoms with E-state index in [0.29, 0.717) is 0 Å². The van der Waals surface area contributed by atoms with Crippen LogP contribution in [0.4, 0.5) is 17.1 Å². The molecule has 46 heavy (non-hydrogen) atoms. The van der Waals surface area contributed by atoms with Crippen molar-refractivity contribution in [3.8, 4) is 22.3 Å². The number of fused-ring (bicyclic) bond motifs is 5. The van der Waals surface area contributed by atoms with Crippen LogP contribution in [0.3, 0.4) is 0 Å². The Bertz CT molecular complexity index is 2530. The molecule has 9 aromatic rings. The first kappa shape index (κ1) is 26.3. The lowest BCUT2D eigenvalue weighted by Crippen LogP contribution is -2.11. The molecule has 0 spiro atoms. The molecular weight excluding hydrogens is 558 g/mol. The van der Waals surface area contributed by atoms with Crippen LogP contribution in [0.2, 0.25) is 0 Å². The van der Waals surface area contributed by atoms with Crippen LogP contribution in [-0.4, -0.2) is 0 Å². The summed E-state index contributed by atoms with van der Waals surface area (Å²) in [5.41, 5.74) is 9.87. The highest BCUT2D eigenvalue weighted by molar-refractivity contribution is 6.07. The molecule has 9 rings (SSSR count). The standard InChI is InChI=1S/C44H29NO/c1-2-12-33-28-34(21-20-30(33)10-1)31-22-25-36(26-23-31)45(42-18-9-13-32-11-3-4-14-37(32)42)41-17-7-5-15-38(41)35-24-27-44-40(29-35)39-16-6-8-19-43(39)46-44/h1-29H. The highest BCUT2D eigenvalue weighted by Crippen LogP contribution is 2.44. The normalized spacial score (nSPS) is 11.5. The van der Waals surface area contributed by atoms with Crippen molar-refractivity contribution >= 4 is 60.5 Å². The number of anilines is 3. The van der Waals surface area contributed by atoms with Gasteiger partial charge in [-0.25, -0.2) is 0 Å². The van der Waals surface area contributed by atoms with Gasteiger partial charge in [0.15, 0.2) is 0 Å². The molecule has 0 saturated carbocycles. The van der Waals surface area contributed by atoms with E-state index in [4.69, 9.17) is 4.42 Å². The molecule has 0 aliphatic heterocycles. The van der Waals surface area contributed by atoms with Crippen LogP contribution in [0.5, 0.6) is 0 Å². The van der Waals surface area contributed by atoms with Crippen LogP contribution in [0.15, 0.2) is 180 Å². The molecule has 8 aromatic carbocycles. The van der Waals surface area contributed by atoms with Gasteiger partial charge in [0.1, 0.15) is 11.2 Å². The number of hydrogen-bond donors (Lipinski definition) is 0. The van der Waals surface area contributed by atoms with Crippen LogP contribution < -0.4 is 4.90 Å². The predicted molar refractivity (Wildman–Crippen MR) is 194 cm³/mol. The minimum Gasteiger partial charge on any atom is -0.456 e. The molecule has 0 amide bonds. The molecule has 2 nitrogen and oxygen atoms in total. The minimum absolute atomic E-state index is 0.901. The Morgan fingerprint density at radius 2 is 0.978 bits per heavy atom. The molecule has 0 atom stereocenters. The summed E-state index contributed by atoms with van der Waals surface area (Å²) in [6.45, 7) is 0. The van der Waals surface area contributed by atoms with Crippen LogP contribution in [0, 0.1) is 0 Å². The summed E-state index contributed by atoms with van der Waals surface area (Å²) in [6.07, 6.45) is 0. The summed E-state index contributed by atoms with van der Waals surface area (Å²) in [6, 6.07) is 62.9. The number of hydrogen-bond acceptors (Lipinski definition) is 2. The lowest BCUT2D eigenvalue weighted by molar-refractivity contribution is 0.669. The van der Waals surface area contributed by atoms with E-state index in [1.807, 2.05) is 12.1 Å². The van der Waals surface area contributed by atoms with Gasteiger partial charge in [-0.1, -0.05) is 127 Å². The summed E-state index contributed by atoms with van der Waals surface area (Å²) in [5.74, 6) is 0. The third kappa shape index (κ3) is 4.43.